The zero-order valence-corrected chi connectivity index (χ0v) is 18.7. The first kappa shape index (κ1) is 22.1. The van der Waals surface area contributed by atoms with Crippen molar-refractivity contribution in [2.45, 2.75) is 32.0 Å². The van der Waals surface area contributed by atoms with Gasteiger partial charge < -0.3 is 14.9 Å². The van der Waals surface area contributed by atoms with Crippen LogP contribution in [0, 0.1) is 0 Å². The summed E-state index contributed by atoms with van der Waals surface area (Å²) in [5, 5.41) is 11.4. The van der Waals surface area contributed by atoms with Gasteiger partial charge in [-0.1, -0.05) is 12.1 Å². The fraction of sp³-hybridized carbons (Fsp3) is 0.360. The Morgan fingerprint density at radius 1 is 1.00 bits per heavy atom. The number of carbonyl (C=O) groups excluding carboxylic acids is 3. The molecule has 0 radical (unpaired) electrons. The van der Waals surface area contributed by atoms with E-state index in [0.29, 0.717) is 24.1 Å². The predicted octanol–water partition coefficient (Wildman–Crippen LogP) is 1.47. The van der Waals surface area contributed by atoms with Gasteiger partial charge in [0, 0.05) is 56.9 Å². The van der Waals surface area contributed by atoms with E-state index in [1.165, 1.54) is 0 Å². The highest BCUT2D eigenvalue weighted by Crippen LogP contribution is 2.31. The van der Waals surface area contributed by atoms with Crippen LogP contribution in [0.1, 0.15) is 44.7 Å². The minimum atomic E-state index is -0.920. The van der Waals surface area contributed by atoms with Gasteiger partial charge >= 0.3 is 5.97 Å². The molecular formula is C25H26N4O5. The van der Waals surface area contributed by atoms with E-state index < -0.39 is 17.9 Å². The number of anilines is 1. The van der Waals surface area contributed by atoms with Crippen LogP contribution in [0.3, 0.4) is 0 Å². The maximum atomic E-state index is 12.9. The van der Waals surface area contributed by atoms with E-state index in [2.05, 4.69) is 15.1 Å². The van der Waals surface area contributed by atoms with Gasteiger partial charge in [-0.15, -0.1) is 0 Å². The smallest absolute Gasteiger partial charge is 0.335 e. The zero-order valence-electron chi connectivity index (χ0n) is 18.7. The summed E-state index contributed by atoms with van der Waals surface area (Å²) >= 11 is 0. The van der Waals surface area contributed by atoms with Gasteiger partial charge in [-0.2, -0.15) is 0 Å². The summed E-state index contributed by atoms with van der Waals surface area (Å²) in [6.07, 6.45) is 0.605. The van der Waals surface area contributed by atoms with Crippen molar-refractivity contribution >= 4 is 29.4 Å². The molecule has 1 atom stereocenters. The number of rotatable bonds is 5. The fourth-order valence-corrected chi connectivity index (χ4v) is 4.93. The number of nitrogens with zero attached hydrogens (tertiary/aromatic N) is 3. The van der Waals surface area contributed by atoms with Gasteiger partial charge in [-0.25, -0.2) is 4.79 Å². The third kappa shape index (κ3) is 4.26. The minimum absolute atomic E-state index is 0.158. The summed E-state index contributed by atoms with van der Waals surface area (Å²) in [5.41, 5.74) is 3.97. The second kappa shape index (κ2) is 8.90. The SMILES string of the molecule is O=C1CC[C@H](N2Cc3cc(N4CCN(Cc5ccc(C(=O)O)cc5)CC4)ccc3C2=O)C(=O)N1. The van der Waals surface area contributed by atoms with Gasteiger partial charge in [0.2, 0.25) is 11.8 Å². The summed E-state index contributed by atoms with van der Waals surface area (Å²) in [4.78, 5) is 53.8. The highest BCUT2D eigenvalue weighted by Gasteiger charge is 2.39. The van der Waals surface area contributed by atoms with Crippen LogP contribution in [0.15, 0.2) is 42.5 Å². The number of benzene rings is 2. The number of carboxylic acid groups (broad SMARTS) is 1. The average molecular weight is 463 g/mol. The molecule has 176 valence electrons. The van der Waals surface area contributed by atoms with Crippen LogP contribution in [0.2, 0.25) is 0 Å². The molecule has 9 nitrogen and oxygen atoms in total. The quantitative estimate of drug-likeness (QED) is 0.648. The Kier molecular flexibility index (Phi) is 5.79. The number of nitrogens with one attached hydrogen (secondary N) is 1. The predicted molar refractivity (Wildman–Crippen MR) is 123 cm³/mol. The first-order valence-corrected chi connectivity index (χ1v) is 11.5. The molecule has 3 aliphatic heterocycles. The van der Waals surface area contributed by atoms with E-state index in [1.807, 2.05) is 30.3 Å². The first-order valence-electron chi connectivity index (χ1n) is 11.5. The van der Waals surface area contributed by atoms with Crippen LogP contribution in [-0.4, -0.2) is 70.8 Å². The van der Waals surface area contributed by atoms with Crippen LogP contribution >= 0.6 is 0 Å². The van der Waals surface area contributed by atoms with Crippen molar-refractivity contribution in [2.75, 3.05) is 31.1 Å². The molecule has 0 unspecified atom stereocenters. The lowest BCUT2D eigenvalue weighted by atomic mass is 10.0. The summed E-state index contributed by atoms with van der Waals surface area (Å²) in [6, 6.07) is 12.2. The van der Waals surface area contributed by atoms with E-state index in [4.69, 9.17) is 5.11 Å². The molecule has 34 heavy (non-hydrogen) atoms. The number of piperidine rings is 1. The Bertz CT molecular complexity index is 1150. The zero-order chi connectivity index (χ0) is 23.8. The summed E-state index contributed by atoms with van der Waals surface area (Å²) in [7, 11) is 0. The minimum Gasteiger partial charge on any atom is -0.478 e. The fourth-order valence-electron chi connectivity index (χ4n) is 4.93. The van der Waals surface area contributed by atoms with Crippen molar-refractivity contribution in [2.24, 2.45) is 0 Å². The van der Waals surface area contributed by atoms with Crippen molar-refractivity contribution in [3.8, 4) is 0 Å². The number of fused-ring (bicyclic) bond motifs is 1. The van der Waals surface area contributed by atoms with Crippen molar-refractivity contribution in [3.05, 3.63) is 64.7 Å². The molecule has 2 fully saturated rings. The number of piperazine rings is 1. The van der Waals surface area contributed by atoms with Crippen LogP contribution in [0.4, 0.5) is 5.69 Å². The van der Waals surface area contributed by atoms with E-state index >= 15 is 0 Å². The van der Waals surface area contributed by atoms with Crippen LogP contribution in [-0.2, 0) is 22.7 Å². The number of imide groups is 1. The number of hydrogen-bond acceptors (Lipinski definition) is 6. The molecule has 5 rings (SSSR count). The molecule has 2 aromatic carbocycles. The molecule has 2 saturated heterocycles. The Morgan fingerprint density at radius 2 is 1.74 bits per heavy atom. The second-order valence-electron chi connectivity index (χ2n) is 9.01. The lowest BCUT2D eigenvalue weighted by Gasteiger charge is -2.36. The normalized spacial score (nSPS) is 20.9. The molecular weight excluding hydrogens is 436 g/mol. The van der Waals surface area contributed by atoms with Gasteiger partial charge in [0.25, 0.3) is 5.91 Å². The van der Waals surface area contributed by atoms with Crippen molar-refractivity contribution < 1.29 is 24.3 Å². The lowest BCUT2D eigenvalue weighted by molar-refractivity contribution is -0.136. The molecule has 3 heterocycles. The van der Waals surface area contributed by atoms with Crippen molar-refractivity contribution in [1.82, 2.24) is 15.1 Å². The molecule has 0 aliphatic carbocycles. The van der Waals surface area contributed by atoms with Gasteiger partial charge in [-0.05, 0) is 47.9 Å². The van der Waals surface area contributed by atoms with E-state index in [0.717, 1.165) is 49.5 Å². The van der Waals surface area contributed by atoms with Crippen molar-refractivity contribution in [1.29, 1.82) is 0 Å². The molecule has 2 aromatic rings. The molecule has 3 aliphatic rings. The van der Waals surface area contributed by atoms with Gasteiger partial charge in [0.1, 0.15) is 6.04 Å². The highest BCUT2D eigenvalue weighted by atomic mass is 16.4. The Labute approximate surface area is 196 Å². The van der Waals surface area contributed by atoms with Crippen LogP contribution < -0.4 is 10.2 Å². The van der Waals surface area contributed by atoms with Crippen LogP contribution in [0.5, 0.6) is 0 Å². The topological polar surface area (TPSA) is 110 Å². The van der Waals surface area contributed by atoms with Crippen LogP contribution in [0.25, 0.3) is 0 Å². The molecule has 0 aromatic heterocycles. The second-order valence-corrected chi connectivity index (χ2v) is 9.01. The number of hydrogen-bond donors (Lipinski definition) is 2. The average Bonchev–Trinajstić information content (AvgIpc) is 3.15. The maximum absolute atomic E-state index is 12.9. The standard InChI is InChI=1S/C25H26N4O5/c30-22-8-7-21(23(31)26-22)29-15-18-13-19(5-6-20(18)24(29)32)28-11-9-27(10-12-28)14-16-1-3-17(4-2-16)25(33)34/h1-6,13,21H,7-12,14-15H2,(H,33,34)(H,26,30,31)/t21-/m0/s1. The van der Waals surface area contributed by atoms with E-state index in [-0.39, 0.29) is 18.2 Å². The molecule has 0 bridgehead atoms. The molecule has 2 N–H and O–H groups in total. The number of carbonyl (C=O) groups is 4. The first-order chi connectivity index (χ1) is 16.4. The molecule has 0 saturated carbocycles. The largest absolute Gasteiger partial charge is 0.478 e. The van der Waals surface area contributed by atoms with Gasteiger partial charge in [0.15, 0.2) is 0 Å². The van der Waals surface area contributed by atoms with Gasteiger partial charge in [-0.3, -0.25) is 24.6 Å². The Balaban J connectivity index is 1.20. The summed E-state index contributed by atoms with van der Waals surface area (Å²) in [6.45, 7) is 4.58. The van der Waals surface area contributed by atoms with E-state index in [9.17, 15) is 19.2 Å². The molecule has 0 spiro atoms. The number of aromatic carboxylic acids is 1. The summed E-state index contributed by atoms with van der Waals surface area (Å²) in [5.74, 6) is -1.76. The van der Waals surface area contributed by atoms with Crippen molar-refractivity contribution in [3.63, 3.8) is 0 Å². The van der Waals surface area contributed by atoms with Gasteiger partial charge in [0.05, 0.1) is 5.56 Å². The Hall–Kier alpha value is -3.72. The Morgan fingerprint density at radius 3 is 2.41 bits per heavy atom. The summed E-state index contributed by atoms with van der Waals surface area (Å²) < 4.78 is 0. The lowest BCUT2D eigenvalue weighted by Crippen LogP contribution is -2.52. The third-order valence-corrected chi connectivity index (χ3v) is 6.85. The molecule has 9 heteroatoms. The van der Waals surface area contributed by atoms with E-state index in [1.54, 1.807) is 17.0 Å². The monoisotopic (exact) mass is 462 g/mol. The third-order valence-electron chi connectivity index (χ3n) is 6.85. The number of amides is 3. The molecule has 3 amide bonds. The maximum Gasteiger partial charge on any atom is 0.335 e. The highest BCUT2D eigenvalue weighted by molar-refractivity contribution is 6.05. The number of carboxylic acids is 1.